The van der Waals surface area contributed by atoms with E-state index in [0.29, 0.717) is 18.7 Å². The third kappa shape index (κ3) is 6.69. The largest absolute Gasteiger partial charge is 0.449 e. The quantitative estimate of drug-likeness (QED) is 0.510. The Morgan fingerprint density at radius 2 is 1.96 bits per heavy atom. The summed E-state index contributed by atoms with van der Waals surface area (Å²) in [7, 11) is 1.55. The Labute approximate surface area is 137 Å². The highest BCUT2D eigenvalue weighted by Gasteiger charge is 2.20. The van der Waals surface area contributed by atoms with Gasteiger partial charge in [0.25, 0.3) is 5.91 Å². The van der Waals surface area contributed by atoms with Crippen molar-refractivity contribution in [2.45, 2.75) is 32.8 Å². The number of amides is 1. The zero-order valence-electron chi connectivity index (χ0n) is 14.1. The summed E-state index contributed by atoms with van der Waals surface area (Å²) in [4.78, 5) is 24.1. The molecule has 0 saturated heterocycles. The van der Waals surface area contributed by atoms with Crippen LogP contribution in [0.2, 0.25) is 0 Å². The standard InChI is InChI=1S/C17H26N2O4/c1-4-5-10-18-15-9-7-6-8-14(15)17(21)23-13(2)16(20)19-11-12-22-3/h6-9,13,18H,4-5,10-12H2,1-3H3,(H,19,20)/t13-/m0/s1. The lowest BCUT2D eigenvalue weighted by Gasteiger charge is -2.15. The number of methoxy groups -OCH3 is 1. The van der Waals surface area contributed by atoms with Crippen molar-refractivity contribution in [2.24, 2.45) is 0 Å². The van der Waals surface area contributed by atoms with Crippen LogP contribution >= 0.6 is 0 Å². The van der Waals surface area contributed by atoms with E-state index in [2.05, 4.69) is 17.6 Å². The fraction of sp³-hybridized carbons (Fsp3) is 0.529. The summed E-state index contributed by atoms with van der Waals surface area (Å²) in [5.74, 6) is -0.856. The number of carbonyl (C=O) groups is 2. The minimum Gasteiger partial charge on any atom is -0.449 e. The maximum Gasteiger partial charge on any atom is 0.341 e. The molecule has 2 N–H and O–H groups in total. The molecule has 6 heteroatoms. The normalized spacial score (nSPS) is 11.6. The van der Waals surface area contributed by atoms with Crippen molar-refractivity contribution < 1.29 is 19.1 Å². The summed E-state index contributed by atoms with van der Waals surface area (Å²) in [6.07, 6.45) is 1.23. The fourth-order valence-corrected chi connectivity index (χ4v) is 1.91. The molecule has 23 heavy (non-hydrogen) atoms. The van der Waals surface area contributed by atoms with Gasteiger partial charge in [0.05, 0.1) is 12.2 Å². The smallest absolute Gasteiger partial charge is 0.341 e. The molecule has 0 aliphatic carbocycles. The van der Waals surface area contributed by atoms with Crippen LogP contribution in [0.5, 0.6) is 0 Å². The minimum atomic E-state index is -0.858. The number of hydrogen-bond donors (Lipinski definition) is 2. The van der Waals surface area contributed by atoms with E-state index in [1.165, 1.54) is 0 Å². The van der Waals surface area contributed by atoms with Gasteiger partial charge in [-0.3, -0.25) is 4.79 Å². The number of unbranched alkanes of at least 4 members (excludes halogenated alkanes) is 1. The fourth-order valence-electron chi connectivity index (χ4n) is 1.91. The average Bonchev–Trinajstić information content (AvgIpc) is 2.55. The van der Waals surface area contributed by atoms with Crippen molar-refractivity contribution >= 4 is 17.6 Å². The molecule has 0 aliphatic rings. The number of hydrogen-bond acceptors (Lipinski definition) is 5. The van der Waals surface area contributed by atoms with Crippen molar-refractivity contribution in [2.75, 3.05) is 32.1 Å². The number of carbonyl (C=O) groups excluding carboxylic acids is 2. The van der Waals surface area contributed by atoms with Crippen LogP contribution in [0.25, 0.3) is 0 Å². The number of anilines is 1. The monoisotopic (exact) mass is 322 g/mol. The Kier molecular flexibility index (Phi) is 8.75. The van der Waals surface area contributed by atoms with Crippen LogP contribution in [0, 0.1) is 0 Å². The van der Waals surface area contributed by atoms with Crippen LogP contribution < -0.4 is 10.6 Å². The Morgan fingerprint density at radius 3 is 2.65 bits per heavy atom. The number of ether oxygens (including phenoxy) is 2. The van der Waals surface area contributed by atoms with Gasteiger partial charge in [0.15, 0.2) is 6.10 Å². The number of benzene rings is 1. The molecule has 0 heterocycles. The second-order valence-electron chi connectivity index (χ2n) is 5.16. The van der Waals surface area contributed by atoms with E-state index in [9.17, 15) is 9.59 Å². The highest BCUT2D eigenvalue weighted by molar-refractivity contribution is 5.97. The first-order valence-corrected chi connectivity index (χ1v) is 7.90. The molecule has 0 fully saturated rings. The van der Waals surface area contributed by atoms with Gasteiger partial charge in [-0.1, -0.05) is 25.5 Å². The third-order valence-electron chi connectivity index (χ3n) is 3.25. The summed E-state index contributed by atoms with van der Waals surface area (Å²) in [6.45, 7) is 5.23. The molecule has 0 spiro atoms. The summed E-state index contributed by atoms with van der Waals surface area (Å²) in [5.41, 5.74) is 1.15. The van der Waals surface area contributed by atoms with Crippen molar-refractivity contribution in [3.05, 3.63) is 29.8 Å². The molecule has 6 nitrogen and oxygen atoms in total. The first-order chi connectivity index (χ1) is 11.1. The lowest BCUT2D eigenvalue weighted by molar-refractivity contribution is -0.129. The third-order valence-corrected chi connectivity index (χ3v) is 3.25. The van der Waals surface area contributed by atoms with E-state index in [0.717, 1.165) is 25.1 Å². The highest BCUT2D eigenvalue weighted by atomic mass is 16.5. The van der Waals surface area contributed by atoms with E-state index in [1.807, 2.05) is 12.1 Å². The number of rotatable bonds is 10. The number of esters is 1. The molecular formula is C17H26N2O4. The second kappa shape index (κ2) is 10.6. The summed E-state index contributed by atoms with van der Waals surface area (Å²) < 4.78 is 10.1. The highest BCUT2D eigenvalue weighted by Crippen LogP contribution is 2.17. The molecule has 1 rings (SSSR count). The SMILES string of the molecule is CCCCNc1ccccc1C(=O)O[C@@H](C)C(=O)NCCOC. The Morgan fingerprint density at radius 1 is 1.22 bits per heavy atom. The van der Waals surface area contributed by atoms with Gasteiger partial charge in [0.2, 0.25) is 0 Å². The van der Waals surface area contributed by atoms with Crippen LogP contribution in [0.15, 0.2) is 24.3 Å². The first-order valence-electron chi connectivity index (χ1n) is 7.90. The molecular weight excluding hydrogens is 296 g/mol. The summed E-state index contributed by atoms with van der Waals surface area (Å²) >= 11 is 0. The van der Waals surface area contributed by atoms with Gasteiger partial charge >= 0.3 is 5.97 Å². The van der Waals surface area contributed by atoms with E-state index in [-0.39, 0.29) is 5.91 Å². The van der Waals surface area contributed by atoms with Gasteiger partial charge < -0.3 is 20.1 Å². The van der Waals surface area contributed by atoms with Gasteiger partial charge in [-0.05, 0) is 25.5 Å². The predicted octanol–water partition coefficient (Wildman–Crippen LogP) is 2.21. The van der Waals surface area contributed by atoms with Gasteiger partial charge in [-0.2, -0.15) is 0 Å². The predicted molar refractivity (Wildman–Crippen MR) is 89.6 cm³/mol. The molecule has 1 aromatic rings. The van der Waals surface area contributed by atoms with E-state index < -0.39 is 12.1 Å². The summed E-state index contributed by atoms with van der Waals surface area (Å²) in [6, 6.07) is 7.14. The van der Waals surface area contributed by atoms with E-state index in [4.69, 9.17) is 9.47 Å². The topological polar surface area (TPSA) is 76.7 Å². The first kappa shape index (κ1) is 19.0. The van der Waals surface area contributed by atoms with Crippen molar-refractivity contribution in [1.29, 1.82) is 0 Å². The zero-order chi connectivity index (χ0) is 17.1. The van der Waals surface area contributed by atoms with Crippen LogP contribution in [0.3, 0.4) is 0 Å². The van der Waals surface area contributed by atoms with Crippen LogP contribution in [-0.4, -0.2) is 44.8 Å². The van der Waals surface area contributed by atoms with Crippen molar-refractivity contribution in [3.63, 3.8) is 0 Å². The lowest BCUT2D eigenvalue weighted by atomic mass is 10.1. The molecule has 0 radical (unpaired) electrons. The van der Waals surface area contributed by atoms with Gasteiger partial charge in [0, 0.05) is 25.9 Å². The summed E-state index contributed by atoms with van der Waals surface area (Å²) in [5, 5.41) is 5.86. The maximum absolute atomic E-state index is 12.3. The molecule has 0 unspecified atom stereocenters. The zero-order valence-corrected chi connectivity index (χ0v) is 14.1. The molecule has 1 atom stereocenters. The molecule has 0 saturated carbocycles. The Hall–Kier alpha value is -2.08. The maximum atomic E-state index is 12.3. The molecule has 0 aliphatic heterocycles. The second-order valence-corrected chi connectivity index (χ2v) is 5.16. The van der Waals surface area contributed by atoms with Crippen molar-refractivity contribution in [1.82, 2.24) is 5.32 Å². The Balaban J connectivity index is 2.61. The van der Waals surface area contributed by atoms with E-state index >= 15 is 0 Å². The van der Waals surface area contributed by atoms with E-state index in [1.54, 1.807) is 26.2 Å². The van der Waals surface area contributed by atoms with Crippen LogP contribution in [0.1, 0.15) is 37.0 Å². The van der Waals surface area contributed by atoms with Crippen molar-refractivity contribution in [3.8, 4) is 0 Å². The van der Waals surface area contributed by atoms with Crippen LogP contribution in [0.4, 0.5) is 5.69 Å². The molecule has 1 amide bonds. The number of para-hydroxylation sites is 1. The lowest BCUT2D eigenvalue weighted by Crippen LogP contribution is -2.37. The van der Waals surface area contributed by atoms with Gasteiger partial charge in [-0.25, -0.2) is 4.79 Å². The molecule has 1 aromatic carbocycles. The number of nitrogens with one attached hydrogen (secondary N) is 2. The van der Waals surface area contributed by atoms with Crippen LogP contribution in [-0.2, 0) is 14.3 Å². The van der Waals surface area contributed by atoms with Gasteiger partial charge in [-0.15, -0.1) is 0 Å². The molecule has 0 aromatic heterocycles. The Bertz CT molecular complexity index is 505. The molecule has 0 bridgehead atoms. The molecule has 128 valence electrons. The average molecular weight is 322 g/mol. The van der Waals surface area contributed by atoms with Gasteiger partial charge in [0.1, 0.15) is 0 Å². The minimum absolute atomic E-state index is 0.341.